The second-order valence-electron chi connectivity index (χ2n) is 4.50. The van der Waals surface area contributed by atoms with Gasteiger partial charge in [-0.1, -0.05) is 6.92 Å². The summed E-state index contributed by atoms with van der Waals surface area (Å²) in [7, 11) is 1.85. The molecule has 16 heavy (non-hydrogen) atoms. The molecule has 1 aliphatic rings. The third kappa shape index (κ3) is 2.09. The van der Waals surface area contributed by atoms with Crippen molar-refractivity contribution in [1.29, 1.82) is 0 Å². The van der Waals surface area contributed by atoms with E-state index in [4.69, 9.17) is 0 Å². The van der Waals surface area contributed by atoms with Crippen LogP contribution in [0.2, 0.25) is 0 Å². The summed E-state index contributed by atoms with van der Waals surface area (Å²) >= 11 is 0. The Bertz CT molecular complexity index is 395. The molecule has 88 valence electrons. The zero-order valence-corrected chi connectivity index (χ0v) is 9.95. The van der Waals surface area contributed by atoms with E-state index in [1.807, 2.05) is 27.1 Å². The molecule has 1 saturated heterocycles. The SMILES string of the molecule is Cc1nn(C)cc1NC(=O)C(C)C1CNC1. The molecule has 2 N–H and O–H groups in total. The summed E-state index contributed by atoms with van der Waals surface area (Å²) in [6.07, 6.45) is 1.83. The van der Waals surface area contributed by atoms with E-state index < -0.39 is 0 Å². The molecule has 0 aromatic carbocycles. The number of hydrogen-bond acceptors (Lipinski definition) is 3. The molecule has 5 nitrogen and oxygen atoms in total. The smallest absolute Gasteiger partial charge is 0.227 e. The molecule has 1 atom stereocenters. The molecule has 1 fully saturated rings. The van der Waals surface area contributed by atoms with Crippen LogP contribution in [0, 0.1) is 18.8 Å². The first kappa shape index (κ1) is 11.1. The van der Waals surface area contributed by atoms with Gasteiger partial charge in [0.15, 0.2) is 0 Å². The number of aryl methyl sites for hydroxylation is 2. The summed E-state index contributed by atoms with van der Waals surface area (Å²) < 4.78 is 1.71. The van der Waals surface area contributed by atoms with Crippen LogP contribution >= 0.6 is 0 Å². The highest BCUT2D eigenvalue weighted by Crippen LogP contribution is 2.19. The van der Waals surface area contributed by atoms with Crippen molar-refractivity contribution < 1.29 is 4.79 Å². The van der Waals surface area contributed by atoms with Crippen molar-refractivity contribution >= 4 is 11.6 Å². The second-order valence-corrected chi connectivity index (χ2v) is 4.50. The minimum Gasteiger partial charge on any atom is -0.323 e. The van der Waals surface area contributed by atoms with Gasteiger partial charge in [0.05, 0.1) is 11.4 Å². The number of anilines is 1. The van der Waals surface area contributed by atoms with E-state index in [0.717, 1.165) is 24.5 Å². The monoisotopic (exact) mass is 222 g/mol. The molecular weight excluding hydrogens is 204 g/mol. The maximum Gasteiger partial charge on any atom is 0.227 e. The molecular formula is C11H18N4O. The number of rotatable bonds is 3. The Hall–Kier alpha value is -1.36. The minimum atomic E-state index is 0.0563. The van der Waals surface area contributed by atoms with E-state index >= 15 is 0 Å². The number of amides is 1. The largest absolute Gasteiger partial charge is 0.323 e. The first-order valence-electron chi connectivity index (χ1n) is 5.59. The Kier molecular flexibility index (Phi) is 2.96. The summed E-state index contributed by atoms with van der Waals surface area (Å²) in [6.45, 7) is 5.76. The molecule has 2 heterocycles. The predicted molar refractivity (Wildman–Crippen MR) is 62.1 cm³/mol. The zero-order chi connectivity index (χ0) is 11.7. The number of carbonyl (C=O) groups excluding carboxylic acids is 1. The molecule has 1 aliphatic heterocycles. The van der Waals surface area contributed by atoms with Crippen molar-refractivity contribution in [2.24, 2.45) is 18.9 Å². The van der Waals surface area contributed by atoms with Crippen LogP contribution in [-0.4, -0.2) is 28.8 Å². The molecule has 1 amide bonds. The van der Waals surface area contributed by atoms with E-state index in [0.29, 0.717) is 5.92 Å². The van der Waals surface area contributed by atoms with Gasteiger partial charge in [0.25, 0.3) is 0 Å². The first-order valence-corrected chi connectivity index (χ1v) is 5.59. The predicted octanol–water partition coefficient (Wildman–Crippen LogP) is 0.523. The fourth-order valence-electron chi connectivity index (χ4n) is 1.85. The van der Waals surface area contributed by atoms with Gasteiger partial charge in [0.2, 0.25) is 5.91 Å². The second kappa shape index (κ2) is 4.25. The number of carbonyl (C=O) groups is 1. The number of nitrogens with zero attached hydrogens (tertiary/aromatic N) is 2. The Morgan fingerprint density at radius 3 is 2.81 bits per heavy atom. The summed E-state index contributed by atoms with van der Waals surface area (Å²) in [5, 5.41) is 10.3. The van der Waals surface area contributed by atoms with Crippen LogP contribution in [0.5, 0.6) is 0 Å². The van der Waals surface area contributed by atoms with E-state index in [1.54, 1.807) is 4.68 Å². The average Bonchev–Trinajstić information content (AvgIpc) is 2.42. The maximum absolute atomic E-state index is 11.9. The van der Waals surface area contributed by atoms with E-state index in [-0.39, 0.29) is 11.8 Å². The topological polar surface area (TPSA) is 59.0 Å². The van der Waals surface area contributed by atoms with Crippen LogP contribution in [-0.2, 0) is 11.8 Å². The molecule has 0 bridgehead atoms. The van der Waals surface area contributed by atoms with Gasteiger partial charge in [-0.2, -0.15) is 5.10 Å². The van der Waals surface area contributed by atoms with Crippen molar-refractivity contribution in [1.82, 2.24) is 15.1 Å². The molecule has 0 aliphatic carbocycles. The highest BCUT2D eigenvalue weighted by Gasteiger charge is 2.29. The maximum atomic E-state index is 11.9. The summed E-state index contributed by atoms with van der Waals surface area (Å²) in [5.41, 5.74) is 1.67. The molecule has 1 aromatic rings. The Labute approximate surface area is 95.2 Å². The lowest BCUT2D eigenvalue weighted by atomic mass is 9.88. The van der Waals surface area contributed by atoms with Crippen molar-refractivity contribution in [3.8, 4) is 0 Å². The normalized spacial score (nSPS) is 17.9. The Balaban J connectivity index is 1.98. The highest BCUT2D eigenvalue weighted by atomic mass is 16.1. The van der Waals surface area contributed by atoms with Gasteiger partial charge in [0, 0.05) is 19.2 Å². The lowest BCUT2D eigenvalue weighted by Crippen LogP contribution is -2.48. The fraction of sp³-hybridized carbons (Fsp3) is 0.636. The third-order valence-corrected chi connectivity index (χ3v) is 3.21. The van der Waals surface area contributed by atoms with Gasteiger partial charge >= 0.3 is 0 Å². The Morgan fingerprint density at radius 2 is 2.38 bits per heavy atom. The first-order chi connectivity index (χ1) is 7.58. The Morgan fingerprint density at radius 1 is 1.69 bits per heavy atom. The zero-order valence-electron chi connectivity index (χ0n) is 9.95. The highest BCUT2D eigenvalue weighted by molar-refractivity contribution is 5.92. The van der Waals surface area contributed by atoms with Crippen LogP contribution in [0.1, 0.15) is 12.6 Å². The van der Waals surface area contributed by atoms with Crippen molar-refractivity contribution in [3.05, 3.63) is 11.9 Å². The molecule has 5 heteroatoms. The number of aromatic nitrogens is 2. The summed E-state index contributed by atoms with van der Waals surface area (Å²) in [6, 6.07) is 0. The third-order valence-electron chi connectivity index (χ3n) is 3.21. The number of nitrogens with one attached hydrogen (secondary N) is 2. The fourth-order valence-corrected chi connectivity index (χ4v) is 1.85. The van der Waals surface area contributed by atoms with Gasteiger partial charge in [-0.25, -0.2) is 0 Å². The van der Waals surface area contributed by atoms with E-state index in [2.05, 4.69) is 15.7 Å². The van der Waals surface area contributed by atoms with Gasteiger partial charge in [-0.15, -0.1) is 0 Å². The molecule has 2 rings (SSSR count). The lowest BCUT2D eigenvalue weighted by Gasteiger charge is -2.31. The van der Waals surface area contributed by atoms with Crippen LogP contribution in [0.3, 0.4) is 0 Å². The van der Waals surface area contributed by atoms with Gasteiger partial charge in [0.1, 0.15) is 0 Å². The summed E-state index contributed by atoms with van der Waals surface area (Å²) in [4.78, 5) is 11.9. The summed E-state index contributed by atoms with van der Waals surface area (Å²) in [5.74, 6) is 0.612. The molecule has 1 aromatic heterocycles. The van der Waals surface area contributed by atoms with Crippen LogP contribution in [0.15, 0.2) is 6.20 Å². The van der Waals surface area contributed by atoms with E-state index in [9.17, 15) is 4.79 Å². The van der Waals surface area contributed by atoms with Gasteiger partial charge in [-0.05, 0) is 25.9 Å². The molecule has 1 unspecified atom stereocenters. The van der Waals surface area contributed by atoms with Crippen LogP contribution in [0.4, 0.5) is 5.69 Å². The van der Waals surface area contributed by atoms with Crippen LogP contribution in [0.25, 0.3) is 0 Å². The quantitative estimate of drug-likeness (QED) is 0.784. The molecule has 0 spiro atoms. The van der Waals surface area contributed by atoms with Crippen molar-refractivity contribution in [2.45, 2.75) is 13.8 Å². The van der Waals surface area contributed by atoms with Crippen molar-refractivity contribution in [2.75, 3.05) is 18.4 Å². The number of hydrogen-bond donors (Lipinski definition) is 2. The van der Waals surface area contributed by atoms with Crippen LogP contribution < -0.4 is 10.6 Å². The van der Waals surface area contributed by atoms with Gasteiger partial charge in [-0.3, -0.25) is 9.48 Å². The lowest BCUT2D eigenvalue weighted by molar-refractivity contribution is -0.121. The minimum absolute atomic E-state index is 0.0563. The van der Waals surface area contributed by atoms with Crippen molar-refractivity contribution in [3.63, 3.8) is 0 Å². The molecule has 0 saturated carbocycles. The van der Waals surface area contributed by atoms with Gasteiger partial charge < -0.3 is 10.6 Å². The average molecular weight is 222 g/mol. The van der Waals surface area contributed by atoms with E-state index in [1.165, 1.54) is 0 Å². The standard InChI is InChI=1S/C11H18N4O/c1-7(9-4-12-5-9)11(16)13-10-6-15(3)14-8(10)2/h6-7,9,12H,4-5H2,1-3H3,(H,13,16). The molecule has 0 radical (unpaired) electrons.